The summed E-state index contributed by atoms with van der Waals surface area (Å²) in [7, 11) is 0. The number of nitrogens with one attached hydrogen (secondary N) is 1. The fraction of sp³-hybridized carbons (Fsp3) is 0.381. The van der Waals surface area contributed by atoms with Gasteiger partial charge in [-0.25, -0.2) is 0 Å². The summed E-state index contributed by atoms with van der Waals surface area (Å²) in [6, 6.07) is 13.1. The molecule has 2 unspecified atom stereocenters. The van der Waals surface area contributed by atoms with E-state index in [0.717, 1.165) is 16.9 Å². The molecule has 2 aromatic carbocycles. The number of aliphatic carboxylic acids is 1. The maximum Gasteiger partial charge on any atom is 0.321 e. The Morgan fingerprint density at radius 1 is 1.14 bits per heavy atom. The number of carbonyl (C=O) groups is 1. The third-order valence-electron chi connectivity index (χ3n) is 4.25. The number of carboxylic acid groups (broad SMARTS) is 1. The molecule has 0 amide bonds. The molecule has 3 rings (SSSR count). The van der Waals surface area contributed by atoms with Gasteiger partial charge in [0.25, 0.3) is 0 Å². The van der Waals surface area contributed by atoms with Gasteiger partial charge >= 0.3 is 5.97 Å². The zero-order valence-electron chi connectivity index (χ0n) is 16.0. The van der Waals surface area contributed by atoms with Gasteiger partial charge in [0.05, 0.1) is 12.0 Å². The molecule has 2 atom stereocenters. The third kappa shape index (κ3) is 5.33. The van der Waals surface area contributed by atoms with Crippen molar-refractivity contribution in [3.05, 3.63) is 53.6 Å². The second-order valence-electron chi connectivity index (χ2n) is 6.42. The highest BCUT2D eigenvalue weighted by molar-refractivity contribution is 7.99. The molecule has 28 heavy (non-hydrogen) atoms. The Morgan fingerprint density at radius 2 is 1.96 bits per heavy atom. The Labute approximate surface area is 169 Å². The number of hydrogen-bond donors (Lipinski definition) is 2. The molecule has 6 nitrogen and oxygen atoms in total. The molecule has 1 aliphatic rings. The minimum atomic E-state index is -0.825. The van der Waals surface area contributed by atoms with Gasteiger partial charge < -0.3 is 19.3 Å². The van der Waals surface area contributed by atoms with Crippen LogP contribution >= 0.6 is 11.8 Å². The quantitative estimate of drug-likeness (QED) is 0.619. The first-order valence-corrected chi connectivity index (χ1v) is 10.3. The number of carboxylic acids is 1. The number of rotatable bonds is 9. The van der Waals surface area contributed by atoms with Crippen LogP contribution in [0.1, 0.15) is 23.4 Å². The minimum Gasteiger partial charge on any atom is -0.490 e. The van der Waals surface area contributed by atoms with Crippen LogP contribution in [0.2, 0.25) is 0 Å². The van der Waals surface area contributed by atoms with E-state index < -0.39 is 12.0 Å². The van der Waals surface area contributed by atoms with E-state index in [2.05, 4.69) is 5.32 Å². The van der Waals surface area contributed by atoms with E-state index in [0.29, 0.717) is 37.1 Å². The van der Waals surface area contributed by atoms with Crippen LogP contribution in [0.25, 0.3) is 0 Å². The van der Waals surface area contributed by atoms with E-state index in [9.17, 15) is 4.79 Å². The molecule has 1 fully saturated rings. The number of aryl methyl sites for hydroxylation is 1. The molecule has 0 bridgehead atoms. The summed E-state index contributed by atoms with van der Waals surface area (Å²) in [5.41, 5.74) is 2.12. The number of hydrogen-bond acceptors (Lipinski definition) is 6. The van der Waals surface area contributed by atoms with Gasteiger partial charge in [0.1, 0.15) is 25.0 Å². The Bertz CT molecular complexity index is 813. The van der Waals surface area contributed by atoms with Gasteiger partial charge in [0.2, 0.25) is 0 Å². The minimum absolute atomic E-state index is 0.0704. The Balaban J connectivity index is 1.59. The fourth-order valence-corrected chi connectivity index (χ4v) is 4.12. The Hall–Kier alpha value is -2.38. The molecule has 1 heterocycles. The normalized spacial score (nSPS) is 18.6. The zero-order valence-corrected chi connectivity index (χ0v) is 16.8. The van der Waals surface area contributed by atoms with Crippen LogP contribution in [0.4, 0.5) is 0 Å². The van der Waals surface area contributed by atoms with Gasteiger partial charge in [-0.3, -0.25) is 10.1 Å². The summed E-state index contributed by atoms with van der Waals surface area (Å²) in [5.74, 6) is 1.83. The predicted molar refractivity (Wildman–Crippen MR) is 110 cm³/mol. The molecular weight excluding hydrogens is 378 g/mol. The first kappa shape index (κ1) is 20.4. The molecule has 0 aromatic heterocycles. The van der Waals surface area contributed by atoms with Gasteiger partial charge in [-0.05, 0) is 49.2 Å². The van der Waals surface area contributed by atoms with Crippen LogP contribution in [0.3, 0.4) is 0 Å². The maximum atomic E-state index is 11.1. The van der Waals surface area contributed by atoms with Crippen molar-refractivity contribution in [2.24, 2.45) is 0 Å². The van der Waals surface area contributed by atoms with Gasteiger partial charge in [-0.1, -0.05) is 18.2 Å². The summed E-state index contributed by atoms with van der Waals surface area (Å²) in [6.07, 6.45) is 0. The van der Waals surface area contributed by atoms with Crippen LogP contribution in [0.5, 0.6) is 17.2 Å². The van der Waals surface area contributed by atoms with Gasteiger partial charge in [-0.2, -0.15) is 0 Å². The van der Waals surface area contributed by atoms with E-state index in [-0.39, 0.29) is 5.37 Å². The average Bonchev–Trinajstić information content (AvgIpc) is 3.17. The molecule has 0 saturated carbocycles. The summed E-state index contributed by atoms with van der Waals surface area (Å²) >= 11 is 1.58. The van der Waals surface area contributed by atoms with Gasteiger partial charge in [-0.15, -0.1) is 11.8 Å². The van der Waals surface area contributed by atoms with Gasteiger partial charge in [0.15, 0.2) is 11.5 Å². The molecule has 0 spiro atoms. The Kier molecular flexibility index (Phi) is 7.06. The van der Waals surface area contributed by atoms with Crippen molar-refractivity contribution in [2.75, 3.05) is 25.6 Å². The summed E-state index contributed by atoms with van der Waals surface area (Å²) in [4.78, 5) is 11.1. The lowest BCUT2D eigenvalue weighted by Gasteiger charge is -2.16. The van der Waals surface area contributed by atoms with Crippen molar-refractivity contribution >= 4 is 17.7 Å². The SMILES string of the molecule is CCOc1cc(C2NC(C(=O)O)CS2)ccc1OCCOc1cccc(C)c1. The smallest absolute Gasteiger partial charge is 0.321 e. The molecule has 1 saturated heterocycles. The number of benzene rings is 2. The highest BCUT2D eigenvalue weighted by Crippen LogP contribution is 2.37. The lowest BCUT2D eigenvalue weighted by atomic mass is 10.2. The summed E-state index contributed by atoms with van der Waals surface area (Å²) in [5, 5.41) is 12.2. The first-order chi connectivity index (χ1) is 13.6. The van der Waals surface area contributed by atoms with Gasteiger partial charge in [0, 0.05) is 5.75 Å². The number of thioether (sulfide) groups is 1. The van der Waals surface area contributed by atoms with Crippen LogP contribution in [-0.2, 0) is 4.79 Å². The number of ether oxygens (including phenoxy) is 3. The molecule has 2 N–H and O–H groups in total. The molecule has 2 aromatic rings. The van der Waals surface area contributed by atoms with Crippen molar-refractivity contribution in [2.45, 2.75) is 25.3 Å². The summed E-state index contributed by atoms with van der Waals surface area (Å²) in [6.45, 7) is 5.28. The Morgan fingerprint density at radius 3 is 2.68 bits per heavy atom. The predicted octanol–water partition coefficient (Wildman–Crippen LogP) is 3.64. The molecule has 0 radical (unpaired) electrons. The van der Waals surface area contributed by atoms with Crippen LogP contribution in [-0.4, -0.2) is 42.7 Å². The molecule has 1 aliphatic heterocycles. The van der Waals surface area contributed by atoms with E-state index >= 15 is 0 Å². The van der Waals surface area contributed by atoms with E-state index in [1.54, 1.807) is 11.8 Å². The lowest BCUT2D eigenvalue weighted by Crippen LogP contribution is -2.33. The van der Waals surface area contributed by atoms with E-state index in [1.807, 2.05) is 56.3 Å². The van der Waals surface area contributed by atoms with Crippen molar-refractivity contribution < 1.29 is 24.1 Å². The molecule has 150 valence electrons. The largest absolute Gasteiger partial charge is 0.490 e. The van der Waals surface area contributed by atoms with Crippen molar-refractivity contribution in [1.29, 1.82) is 0 Å². The zero-order chi connectivity index (χ0) is 19.9. The third-order valence-corrected chi connectivity index (χ3v) is 5.52. The molecular formula is C21H25NO5S. The highest BCUT2D eigenvalue weighted by atomic mass is 32.2. The second kappa shape index (κ2) is 9.71. The van der Waals surface area contributed by atoms with Crippen molar-refractivity contribution in [1.82, 2.24) is 5.32 Å². The standard InChI is InChI=1S/C21H25NO5S/c1-3-25-19-12-15(20-22-17(13-28-20)21(23)24)7-8-18(19)27-10-9-26-16-6-4-5-14(2)11-16/h4-8,11-12,17,20,22H,3,9-10,13H2,1-2H3,(H,23,24). The first-order valence-electron chi connectivity index (χ1n) is 9.26. The lowest BCUT2D eigenvalue weighted by molar-refractivity contribution is -0.138. The topological polar surface area (TPSA) is 77.0 Å². The maximum absolute atomic E-state index is 11.1. The summed E-state index contributed by atoms with van der Waals surface area (Å²) < 4.78 is 17.3. The monoisotopic (exact) mass is 403 g/mol. The van der Waals surface area contributed by atoms with E-state index in [4.69, 9.17) is 19.3 Å². The van der Waals surface area contributed by atoms with Crippen LogP contribution < -0.4 is 19.5 Å². The average molecular weight is 404 g/mol. The van der Waals surface area contributed by atoms with Crippen molar-refractivity contribution in [3.8, 4) is 17.2 Å². The van der Waals surface area contributed by atoms with E-state index in [1.165, 1.54) is 0 Å². The molecule has 7 heteroatoms. The fourth-order valence-electron chi connectivity index (χ4n) is 2.90. The molecule has 0 aliphatic carbocycles. The van der Waals surface area contributed by atoms with Crippen molar-refractivity contribution in [3.63, 3.8) is 0 Å². The van der Waals surface area contributed by atoms with Crippen LogP contribution in [0.15, 0.2) is 42.5 Å². The second-order valence-corrected chi connectivity index (χ2v) is 7.56. The highest BCUT2D eigenvalue weighted by Gasteiger charge is 2.30. The van der Waals surface area contributed by atoms with Crippen LogP contribution in [0, 0.1) is 6.92 Å².